The van der Waals surface area contributed by atoms with Crippen molar-refractivity contribution >= 4 is 35.1 Å². The summed E-state index contributed by atoms with van der Waals surface area (Å²) in [5.74, 6) is -3.87. The smallest absolute Gasteiger partial charge is 0.309 e. The molecule has 1 N–H and O–H groups in total. The summed E-state index contributed by atoms with van der Waals surface area (Å²) in [5.41, 5.74) is 0.0821. The van der Waals surface area contributed by atoms with E-state index in [1.807, 2.05) is 0 Å². The second-order valence-corrected chi connectivity index (χ2v) is 7.46. The Morgan fingerprint density at radius 3 is 2.58 bits per heavy atom. The second kappa shape index (κ2) is 9.82. The molecule has 1 fully saturated rings. The van der Waals surface area contributed by atoms with E-state index in [0.717, 1.165) is 12.1 Å². The van der Waals surface area contributed by atoms with Crippen molar-refractivity contribution in [2.45, 2.75) is 25.9 Å². The highest BCUT2D eigenvalue weighted by molar-refractivity contribution is 6.32. The maximum atomic E-state index is 13.8. The Morgan fingerprint density at radius 1 is 1.23 bits per heavy atom. The molecule has 7 nitrogen and oxygen atoms in total. The summed E-state index contributed by atoms with van der Waals surface area (Å²) >= 11 is 5.89. The first-order valence-corrected chi connectivity index (χ1v) is 10.00. The number of hydrogen-bond acceptors (Lipinski definition) is 5. The van der Waals surface area contributed by atoms with Gasteiger partial charge in [0.15, 0.2) is 11.3 Å². The molecule has 1 unspecified atom stereocenters. The van der Waals surface area contributed by atoms with Crippen LogP contribution in [0.25, 0.3) is 0 Å². The number of hydrogen-bond donors (Lipinski definition) is 1. The van der Waals surface area contributed by atoms with Crippen LogP contribution in [-0.2, 0) is 14.3 Å². The number of benzene rings is 1. The highest BCUT2D eigenvalue weighted by atomic mass is 35.5. The number of halogens is 3. The highest BCUT2D eigenvalue weighted by Crippen LogP contribution is 2.23. The number of nitrogens with zero attached hydrogens (tertiary/aromatic N) is 2. The molecular weight excluding hydrogens is 432 g/mol. The molecule has 1 aromatic carbocycles. The van der Waals surface area contributed by atoms with Gasteiger partial charge in [-0.05, 0) is 44.0 Å². The quantitative estimate of drug-likeness (QED) is 0.555. The number of piperidine rings is 1. The van der Waals surface area contributed by atoms with Gasteiger partial charge < -0.3 is 15.0 Å². The average Bonchev–Trinajstić information content (AvgIpc) is 2.75. The van der Waals surface area contributed by atoms with Gasteiger partial charge in [0, 0.05) is 25.4 Å². The predicted molar refractivity (Wildman–Crippen MR) is 108 cm³/mol. The molecule has 2 aromatic rings. The molecule has 10 heteroatoms. The summed E-state index contributed by atoms with van der Waals surface area (Å²) in [5, 5.41) is 2.66. The predicted octanol–water partition coefficient (Wildman–Crippen LogP) is 3.44. The summed E-state index contributed by atoms with van der Waals surface area (Å²) in [6.45, 7) is 1.86. The number of rotatable bonds is 5. The average molecular weight is 452 g/mol. The van der Waals surface area contributed by atoms with E-state index < -0.39 is 41.4 Å². The standard InChI is InChI=1S/C21H20ClF2N3O4/c1-12(19(28)26-17-3-2-8-25-18(17)22)31-21(30)13-6-9-27(10-7-13)20(29)15-5-4-14(23)11-16(15)24/h2-5,8,11-13H,6-7,9-10H2,1H3,(H,26,28). The first kappa shape index (κ1) is 22.6. The fraction of sp³-hybridized carbons (Fsp3) is 0.333. The Hall–Kier alpha value is -3.07. The summed E-state index contributed by atoms with van der Waals surface area (Å²) in [7, 11) is 0. The van der Waals surface area contributed by atoms with Crippen LogP contribution < -0.4 is 5.32 Å². The van der Waals surface area contributed by atoms with E-state index >= 15 is 0 Å². The van der Waals surface area contributed by atoms with Gasteiger partial charge in [0.1, 0.15) is 11.6 Å². The van der Waals surface area contributed by atoms with Crippen LogP contribution in [0.1, 0.15) is 30.1 Å². The van der Waals surface area contributed by atoms with E-state index in [0.29, 0.717) is 24.6 Å². The first-order valence-electron chi connectivity index (χ1n) is 9.62. The summed E-state index contributed by atoms with van der Waals surface area (Å²) in [4.78, 5) is 42.4. The second-order valence-electron chi connectivity index (χ2n) is 7.10. The lowest BCUT2D eigenvalue weighted by atomic mass is 9.96. The molecule has 2 heterocycles. The maximum Gasteiger partial charge on any atom is 0.309 e. The Morgan fingerprint density at radius 2 is 1.94 bits per heavy atom. The molecule has 1 aliphatic rings. The molecule has 3 rings (SSSR count). The third-order valence-electron chi connectivity index (χ3n) is 4.96. The van der Waals surface area contributed by atoms with E-state index in [1.165, 1.54) is 18.0 Å². The van der Waals surface area contributed by atoms with Crippen molar-refractivity contribution in [2.24, 2.45) is 5.92 Å². The van der Waals surface area contributed by atoms with Crippen molar-refractivity contribution in [1.82, 2.24) is 9.88 Å². The molecular formula is C21H20ClF2N3O4. The van der Waals surface area contributed by atoms with Crippen LogP contribution in [0.4, 0.5) is 14.5 Å². The third-order valence-corrected chi connectivity index (χ3v) is 5.26. The van der Waals surface area contributed by atoms with Gasteiger partial charge in [-0.3, -0.25) is 14.4 Å². The van der Waals surface area contributed by atoms with Crippen molar-refractivity contribution in [1.29, 1.82) is 0 Å². The van der Waals surface area contributed by atoms with Gasteiger partial charge in [-0.1, -0.05) is 11.6 Å². The van der Waals surface area contributed by atoms with Gasteiger partial charge in [0.05, 0.1) is 17.2 Å². The molecule has 1 saturated heterocycles. The van der Waals surface area contributed by atoms with E-state index in [4.69, 9.17) is 16.3 Å². The van der Waals surface area contributed by atoms with Crippen molar-refractivity contribution in [2.75, 3.05) is 18.4 Å². The minimum absolute atomic E-state index is 0.115. The lowest BCUT2D eigenvalue weighted by Gasteiger charge is -2.31. The molecule has 1 aromatic heterocycles. The zero-order chi connectivity index (χ0) is 22.5. The Balaban J connectivity index is 1.51. The highest BCUT2D eigenvalue weighted by Gasteiger charge is 2.31. The SMILES string of the molecule is CC(OC(=O)C1CCN(C(=O)c2ccc(F)cc2F)CC1)C(=O)Nc1cccnc1Cl. The zero-order valence-corrected chi connectivity index (χ0v) is 17.4. The van der Waals surface area contributed by atoms with Crippen molar-refractivity contribution < 1.29 is 27.9 Å². The van der Waals surface area contributed by atoms with Crippen LogP contribution in [0.3, 0.4) is 0 Å². The number of esters is 1. The third kappa shape index (κ3) is 5.55. The number of ether oxygens (including phenoxy) is 1. The summed E-state index contributed by atoms with van der Waals surface area (Å²) < 4.78 is 32.1. The van der Waals surface area contributed by atoms with Crippen molar-refractivity contribution in [3.63, 3.8) is 0 Å². The van der Waals surface area contributed by atoms with E-state index in [2.05, 4.69) is 10.3 Å². The first-order chi connectivity index (χ1) is 14.8. The van der Waals surface area contributed by atoms with Gasteiger partial charge in [0.25, 0.3) is 11.8 Å². The van der Waals surface area contributed by atoms with Crippen LogP contribution >= 0.6 is 11.6 Å². The fourth-order valence-electron chi connectivity index (χ4n) is 3.19. The van der Waals surface area contributed by atoms with Crippen molar-refractivity contribution in [3.8, 4) is 0 Å². The number of aromatic nitrogens is 1. The molecule has 1 aliphatic heterocycles. The normalized spacial score (nSPS) is 15.3. The minimum atomic E-state index is -1.06. The summed E-state index contributed by atoms with van der Waals surface area (Å²) in [6, 6.07) is 5.94. The topological polar surface area (TPSA) is 88.6 Å². The number of amides is 2. The van der Waals surface area contributed by atoms with E-state index in [-0.39, 0.29) is 23.8 Å². The molecule has 1 atom stereocenters. The molecule has 0 saturated carbocycles. The number of pyridine rings is 1. The molecule has 0 radical (unpaired) electrons. The van der Waals surface area contributed by atoms with Crippen LogP contribution in [0.15, 0.2) is 36.5 Å². The monoisotopic (exact) mass is 451 g/mol. The van der Waals surface area contributed by atoms with E-state index in [9.17, 15) is 23.2 Å². The Bertz CT molecular complexity index is 996. The van der Waals surface area contributed by atoms with Gasteiger partial charge in [-0.25, -0.2) is 13.8 Å². The van der Waals surface area contributed by atoms with Crippen LogP contribution in [0, 0.1) is 17.6 Å². The van der Waals surface area contributed by atoms with Crippen molar-refractivity contribution in [3.05, 3.63) is 58.9 Å². The lowest BCUT2D eigenvalue weighted by molar-refractivity contribution is -0.158. The number of likely N-dealkylation sites (tertiary alicyclic amines) is 1. The van der Waals surface area contributed by atoms with Crippen LogP contribution in [0.5, 0.6) is 0 Å². The van der Waals surface area contributed by atoms with Gasteiger partial charge in [0.2, 0.25) is 0 Å². The maximum absolute atomic E-state index is 13.8. The Kier molecular flexibility index (Phi) is 7.17. The molecule has 164 valence electrons. The summed E-state index contributed by atoms with van der Waals surface area (Å²) in [6.07, 6.45) is 1.02. The number of carbonyl (C=O) groups is 3. The lowest BCUT2D eigenvalue weighted by Crippen LogP contribution is -2.42. The molecule has 2 amide bonds. The van der Waals surface area contributed by atoms with Crippen LogP contribution in [-0.4, -0.2) is 46.9 Å². The van der Waals surface area contributed by atoms with E-state index in [1.54, 1.807) is 12.1 Å². The zero-order valence-electron chi connectivity index (χ0n) is 16.6. The largest absolute Gasteiger partial charge is 0.452 e. The van der Waals surface area contributed by atoms with Gasteiger partial charge in [-0.2, -0.15) is 0 Å². The molecule has 0 bridgehead atoms. The number of anilines is 1. The minimum Gasteiger partial charge on any atom is -0.452 e. The fourth-order valence-corrected chi connectivity index (χ4v) is 3.36. The Labute approximate surface area is 182 Å². The van der Waals surface area contributed by atoms with Gasteiger partial charge >= 0.3 is 5.97 Å². The molecule has 31 heavy (non-hydrogen) atoms. The van der Waals surface area contributed by atoms with Crippen LogP contribution in [0.2, 0.25) is 5.15 Å². The number of carbonyl (C=O) groups excluding carboxylic acids is 3. The molecule has 0 spiro atoms. The van der Waals surface area contributed by atoms with Gasteiger partial charge in [-0.15, -0.1) is 0 Å². The number of nitrogens with one attached hydrogen (secondary N) is 1. The molecule has 0 aliphatic carbocycles.